The molecule has 0 rings (SSSR count). The summed E-state index contributed by atoms with van der Waals surface area (Å²) in [7, 11) is 5.40. The number of ether oxygens (including phenoxy) is 1. The van der Waals surface area contributed by atoms with Gasteiger partial charge in [0, 0.05) is 6.42 Å². The Morgan fingerprint density at radius 2 is 1.32 bits per heavy atom. The van der Waals surface area contributed by atoms with E-state index >= 15 is 0 Å². The van der Waals surface area contributed by atoms with Crippen molar-refractivity contribution in [2.24, 2.45) is 0 Å². The molecule has 0 aliphatic carbocycles. The minimum absolute atomic E-state index is 0.0694. The van der Waals surface area contributed by atoms with E-state index in [0.29, 0.717) is 10.9 Å². The Hall–Kier alpha value is -1.77. The fraction of sp³-hybridized carbons (Fsp3) is 0.808. The second kappa shape index (κ2) is 23.0. The number of carbonyl (C=O) groups is 3. The summed E-state index contributed by atoms with van der Waals surface area (Å²) in [6.07, 6.45) is 18.4. The third kappa shape index (κ3) is 28.3. The van der Waals surface area contributed by atoms with Gasteiger partial charge in [-0.25, -0.2) is 4.79 Å². The summed E-state index contributed by atoms with van der Waals surface area (Å²) in [6, 6.07) is 0. The first-order valence-electron chi connectivity index (χ1n) is 12.7. The standard InChI is InChI=1S/C21H38O5.C5H11NO2/c1-2-3-4-5-6-7-8-9-10-11-12-13-14-15-16-17-20(24)26-21(25)19(23)18-22;1-6(2,3)4-5(7)8/h9-10,19,22-23H,2-8,11-18H2,1H3;4H2,1-3H3/b10-9-;. The third-order valence-electron chi connectivity index (χ3n) is 4.91. The lowest BCUT2D eigenvalue weighted by Gasteiger charge is -2.23. The largest absolute Gasteiger partial charge is 0.544 e. The lowest BCUT2D eigenvalue weighted by atomic mass is 10.1. The topological polar surface area (TPSA) is 124 Å². The predicted molar refractivity (Wildman–Crippen MR) is 132 cm³/mol. The average Bonchev–Trinajstić information content (AvgIpc) is 2.74. The molecule has 2 N–H and O–H groups in total. The van der Waals surface area contributed by atoms with Crippen LogP contribution >= 0.6 is 0 Å². The third-order valence-corrected chi connectivity index (χ3v) is 4.91. The molecule has 1 unspecified atom stereocenters. The number of aliphatic hydroxyl groups excluding tert-OH is 2. The van der Waals surface area contributed by atoms with Crippen LogP contribution in [0.5, 0.6) is 0 Å². The van der Waals surface area contributed by atoms with Crippen molar-refractivity contribution >= 4 is 17.9 Å². The smallest absolute Gasteiger partial charge is 0.345 e. The number of carboxylic acid groups (broad SMARTS) is 1. The van der Waals surface area contributed by atoms with E-state index in [4.69, 9.17) is 10.2 Å². The zero-order valence-corrected chi connectivity index (χ0v) is 21.9. The van der Waals surface area contributed by atoms with Crippen molar-refractivity contribution in [3.05, 3.63) is 12.2 Å². The van der Waals surface area contributed by atoms with Gasteiger partial charge >= 0.3 is 11.9 Å². The lowest BCUT2D eigenvalue weighted by Crippen LogP contribution is -2.45. The maximum Gasteiger partial charge on any atom is 0.345 e. The molecular weight excluding hydrogens is 438 g/mol. The maximum absolute atomic E-state index is 11.4. The highest BCUT2D eigenvalue weighted by Gasteiger charge is 2.18. The van der Waals surface area contributed by atoms with Crippen molar-refractivity contribution in [2.75, 3.05) is 34.3 Å². The van der Waals surface area contributed by atoms with E-state index in [-0.39, 0.29) is 13.0 Å². The van der Waals surface area contributed by atoms with Crippen LogP contribution in [0.25, 0.3) is 0 Å². The second-order valence-corrected chi connectivity index (χ2v) is 9.65. The van der Waals surface area contributed by atoms with Gasteiger partial charge in [0.2, 0.25) is 0 Å². The van der Waals surface area contributed by atoms with Gasteiger partial charge in [0.05, 0.1) is 33.7 Å². The van der Waals surface area contributed by atoms with Crippen molar-refractivity contribution in [3.63, 3.8) is 0 Å². The molecule has 1 atom stereocenters. The molecule has 0 amide bonds. The predicted octanol–water partition coefficient (Wildman–Crippen LogP) is 2.89. The van der Waals surface area contributed by atoms with Crippen LogP contribution in [0.1, 0.15) is 96.8 Å². The molecule has 0 fully saturated rings. The zero-order valence-electron chi connectivity index (χ0n) is 21.9. The van der Waals surface area contributed by atoms with Gasteiger partial charge < -0.3 is 29.3 Å². The van der Waals surface area contributed by atoms with Crippen molar-refractivity contribution in [1.82, 2.24) is 0 Å². The molecule has 0 aromatic heterocycles. The van der Waals surface area contributed by atoms with E-state index in [2.05, 4.69) is 23.8 Å². The van der Waals surface area contributed by atoms with Gasteiger partial charge in [-0.15, -0.1) is 0 Å². The molecule has 0 aliphatic rings. The monoisotopic (exact) mass is 487 g/mol. The molecule has 0 aliphatic heterocycles. The number of unbranched alkanes of at least 4 members (excludes halogenated alkanes) is 11. The highest BCUT2D eigenvalue weighted by Crippen LogP contribution is 2.10. The van der Waals surface area contributed by atoms with Crippen LogP contribution in [-0.4, -0.2) is 73.0 Å². The summed E-state index contributed by atoms with van der Waals surface area (Å²) in [5.74, 6) is -2.72. The number of quaternary nitrogens is 1. The Bertz CT molecular complexity index is 556. The molecule has 0 aromatic carbocycles. The number of allylic oxidation sites excluding steroid dienone is 2. The Labute approximate surface area is 206 Å². The molecule has 34 heavy (non-hydrogen) atoms. The summed E-state index contributed by atoms with van der Waals surface area (Å²) in [6.45, 7) is 1.57. The zero-order chi connectivity index (χ0) is 26.2. The van der Waals surface area contributed by atoms with Crippen molar-refractivity contribution in [3.8, 4) is 0 Å². The van der Waals surface area contributed by atoms with Crippen molar-refractivity contribution < 1.29 is 38.9 Å². The van der Waals surface area contributed by atoms with E-state index < -0.39 is 30.6 Å². The minimum atomic E-state index is -1.63. The van der Waals surface area contributed by atoms with E-state index in [9.17, 15) is 19.5 Å². The molecule has 200 valence electrons. The van der Waals surface area contributed by atoms with Crippen LogP contribution < -0.4 is 5.11 Å². The van der Waals surface area contributed by atoms with E-state index in [1.165, 1.54) is 51.4 Å². The van der Waals surface area contributed by atoms with Gasteiger partial charge in [-0.2, -0.15) is 0 Å². The first-order valence-corrected chi connectivity index (χ1v) is 12.7. The van der Waals surface area contributed by atoms with E-state index in [1.54, 1.807) is 21.1 Å². The molecule has 8 heteroatoms. The average molecular weight is 488 g/mol. The summed E-state index contributed by atoms with van der Waals surface area (Å²) in [5, 5.41) is 27.5. The SMILES string of the molecule is CCCCCCCC/C=C\CCCCCCCC(=O)OC(=O)C(O)CO.C[N+](C)(C)CC(=O)[O-]. The molecule has 0 heterocycles. The molecular formula is C26H49NO7. The number of carboxylic acids is 1. The van der Waals surface area contributed by atoms with E-state index in [0.717, 1.165) is 25.7 Å². The molecule has 8 nitrogen and oxygen atoms in total. The number of aliphatic carboxylic acids is 1. The quantitative estimate of drug-likeness (QED) is 0.0944. The Balaban J connectivity index is 0. The number of hydrogen-bond acceptors (Lipinski definition) is 7. The summed E-state index contributed by atoms with van der Waals surface area (Å²) < 4.78 is 4.84. The fourth-order valence-electron chi connectivity index (χ4n) is 3.03. The van der Waals surface area contributed by atoms with Gasteiger partial charge in [-0.05, 0) is 32.1 Å². The van der Waals surface area contributed by atoms with Gasteiger partial charge in [0.1, 0.15) is 6.54 Å². The van der Waals surface area contributed by atoms with Gasteiger partial charge in [-0.1, -0.05) is 70.4 Å². The van der Waals surface area contributed by atoms with Gasteiger partial charge in [0.25, 0.3) is 0 Å². The molecule has 0 saturated heterocycles. The van der Waals surface area contributed by atoms with Crippen molar-refractivity contribution in [2.45, 2.75) is 103 Å². The first-order chi connectivity index (χ1) is 16.0. The Morgan fingerprint density at radius 3 is 1.74 bits per heavy atom. The molecule has 0 bridgehead atoms. The molecule has 0 saturated carbocycles. The van der Waals surface area contributed by atoms with Crippen LogP contribution in [0.2, 0.25) is 0 Å². The Kier molecular flexibility index (Phi) is 23.3. The van der Waals surface area contributed by atoms with Crippen molar-refractivity contribution in [1.29, 1.82) is 0 Å². The molecule has 0 spiro atoms. The summed E-state index contributed by atoms with van der Waals surface area (Å²) >= 11 is 0. The lowest BCUT2D eigenvalue weighted by molar-refractivity contribution is -0.864. The van der Waals surface area contributed by atoms with Crippen LogP contribution in [0.15, 0.2) is 12.2 Å². The fourth-order valence-corrected chi connectivity index (χ4v) is 3.03. The maximum atomic E-state index is 11.4. The highest BCUT2D eigenvalue weighted by atomic mass is 16.6. The van der Waals surface area contributed by atoms with Crippen LogP contribution in [0.3, 0.4) is 0 Å². The van der Waals surface area contributed by atoms with E-state index in [1.807, 2.05) is 0 Å². The number of nitrogens with zero attached hydrogens (tertiary/aromatic N) is 1. The number of esters is 2. The number of hydrogen-bond donors (Lipinski definition) is 2. The minimum Gasteiger partial charge on any atom is -0.544 e. The Morgan fingerprint density at radius 1 is 0.853 bits per heavy atom. The molecule has 0 aromatic rings. The normalized spacial score (nSPS) is 12.2. The number of aliphatic hydroxyl groups is 2. The summed E-state index contributed by atoms with van der Waals surface area (Å²) in [5.41, 5.74) is 0. The van der Waals surface area contributed by atoms with Gasteiger partial charge in [0.15, 0.2) is 6.10 Å². The molecule has 0 radical (unpaired) electrons. The van der Waals surface area contributed by atoms with Crippen LogP contribution in [-0.2, 0) is 19.1 Å². The highest BCUT2D eigenvalue weighted by molar-refractivity contribution is 5.87. The summed E-state index contributed by atoms with van der Waals surface area (Å²) in [4.78, 5) is 32.3. The second-order valence-electron chi connectivity index (χ2n) is 9.65. The van der Waals surface area contributed by atoms with Crippen LogP contribution in [0.4, 0.5) is 0 Å². The first kappa shape index (κ1) is 34.4. The number of carbonyl (C=O) groups excluding carboxylic acids is 3. The number of likely N-dealkylation sites (N-methyl/N-ethyl adjacent to an activating group) is 1. The number of rotatable bonds is 19. The van der Waals surface area contributed by atoms with Gasteiger partial charge in [-0.3, -0.25) is 4.79 Å². The van der Waals surface area contributed by atoms with Crippen LogP contribution in [0, 0.1) is 0 Å².